The van der Waals surface area contributed by atoms with Gasteiger partial charge in [0, 0.05) is 35.2 Å². The van der Waals surface area contributed by atoms with Crippen molar-refractivity contribution in [3.8, 4) is 11.4 Å². The summed E-state index contributed by atoms with van der Waals surface area (Å²) in [5, 5.41) is 12.6. The van der Waals surface area contributed by atoms with Gasteiger partial charge in [0.2, 0.25) is 5.91 Å². The number of benzene rings is 1. The zero-order valence-electron chi connectivity index (χ0n) is 14.4. The van der Waals surface area contributed by atoms with Crippen molar-refractivity contribution in [3.63, 3.8) is 0 Å². The van der Waals surface area contributed by atoms with Gasteiger partial charge in [-0.1, -0.05) is 29.4 Å². The molecular weight excluding hydrogens is 370 g/mol. The van der Waals surface area contributed by atoms with Crippen molar-refractivity contribution in [2.45, 2.75) is 25.5 Å². The molecule has 0 fully saturated rings. The molecule has 3 rings (SSSR count). The fourth-order valence-electron chi connectivity index (χ4n) is 2.43. The molecule has 134 valence electrons. The van der Waals surface area contributed by atoms with Crippen LogP contribution in [0.15, 0.2) is 47.9 Å². The number of hydrogen-bond donors (Lipinski definition) is 1. The molecular formula is C18H18ClN5OS. The van der Waals surface area contributed by atoms with Crippen LogP contribution < -0.4 is 5.32 Å². The summed E-state index contributed by atoms with van der Waals surface area (Å²) in [6.45, 7) is 4.64. The van der Waals surface area contributed by atoms with Gasteiger partial charge in [0.1, 0.15) is 0 Å². The molecule has 0 spiro atoms. The maximum Gasteiger partial charge on any atom is 0.234 e. The molecule has 0 radical (unpaired) electrons. The van der Waals surface area contributed by atoms with Gasteiger partial charge in [-0.05, 0) is 43.7 Å². The quantitative estimate of drug-likeness (QED) is 0.646. The highest BCUT2D eigenvalue weighted by atomic mass is 35.5. The first-order valence-electron chi connectivity index (χ1n) is 8.11. The zero-order chi connectivity index (χ0) is 18.5. The van der Waals surface area contributed by atoms with Crippen molar-refractivity contribution in [2.24, 2.45) is 0 Å². The molecule has 2 aromatic heterocycles. The third-order valence-corrected chi connectivity index (χ3v) is 4.96. The molecule has 0 saturated carbocycles. The smallest absolute Gasteiger partial charge is 0.234 e. The molecule has 1 amide bonds. The molecule has 3 aromatic rings. The minimum absolute atomic E-state index is 0.117. The lowest BCUT2D eigenvalue weighted by Gasteiger charge is -2.09. The van der Waals surface area contributed by atoms with E-state index in [0.717, 1.165) is 22.6 Å². The number of carbonyl (C=O) groups is 1. The van der Waals surface area contributed by atoms with Gasteiger partial charge in [-0.3, -0.25) is 9.78 Å². The molecule has 0 unspecified atom stereocenters. The van der Waals surface area contributed by atoms with Gasteiger partial charge >= 0.3 is 0 Å². The van der Waals surface area contributed by atoms with Gasteiger partial charge in [-0.15, -0.1) is 10.2 Å². The molecule has 2 heterocycles. The lowest BCUT2D eigenvalue weighted by atomic mass is 10.2. The van der Waals surface area contributed by atoms with E-state index < -0.39 is 0 Å². The molecule has 26 heavy (non-hydrogen) atoms. The first kappa shape index (κ1) is 18.4. The number of rotatable bonds is 6. The Morgan fingerprint density at radius 1 is 1.31 bits per heavy atom. The average molecular weight is 388 g/mol. The Hall–Kier alpha value is -2.38. The number of pyridine rings is 1. The predicted octanol–water partition coefficient (Wildman–Crippen LogP) is 4.05. The van der Waals surface area contributed by atoms with E-state index in [9.17, 15) is 4.79 Å². The van der Waals surface area contributed by atoms with Crippen molar-refractivity contribution < 1.29 is 4.79 Å². The van der Waals surface area contributed by atoms with Crippen LogP contribution in [-0.4, -0.2) is 31.4 Å². The normalized spacial score (nSPS) is 10.7. The fourth-order valence-corrected chi connectivity index (χ4v) is 3.41. The average Bonchev–Trinajstić information content (AvgIpc) is 3.06. The van der Waals surface area contributed by atoms with Crippen LogP contribution in [0.5, 0.6) is 0 Å². The minimum Gasteiger partial charge on any atom is -0.325 e. The molecule has 8 heteroatoms. The number of nitrogens with one attached hydrogen (secondary N) is 1. The van der Waals surface area contributed by atoms with E-state index in [1.807, 2.05) is 36.6 Å². The maximum absolute atomic E-state index is 12.3. The Morgan fingerprint density at radius 2 is 2.15 bits per heavy atom. The van der Waals surface area contributed by atoms with E-state index in [4.69, 9.17) is 11.6 Å². The lowest BCUT2D eigenvalue weighted by molar-refractivity contribution is -0.113. The molecule has 0 aliphatic carbocycles. The summed E-state index contributed by atoms with van der Waals surface area (Å²) in [4.78, 5) is 16.4. The lowest BCUT2D eigenvalue weighted by Crippen LogP contribution is -2.15. The van der Waals surface area contributed by atoms with Gasteiger partial charge in [-0.2, -0.15) is 0 Å². The standard InChI is InChI=1S/C18H18ClN5OS/c1-3-24-17(13-5-4-8-20-10-13)22-23-18(24)26-11-16(25)21-15-9-14(19)7-6-12(15)2/h4-10H,3,11H2,1-2H3,(H,21,25). The highest BCUT2D eigenvalue weighted by molar-refractivity contribution is 7.99. The molecule has 1 aromatic carbocycles. The van der Waals surface area contributed by atoms with E-state index in [1.54, 1.807) is 24.5 Å². The first-order valence-corrected chi connectivity index (χ1v) is 9.47. The van der Waals surface area contributed by atoms with Crippen LogP contribution in [0.25, 0.3) is 11.4 Å². The Labute approximate surface area is 161 Å². The number of carbonyl (C=O) groups excluding carboxylic acids is 1. The fraction of sp³-hybridized carbons (Fsp3) is 0.222. The third-order valence-electron chi connectivity index (χ3n) is 3.76. The largest absolute Gasteiger partial charge is 0.325 e. The summed E-state index contributed by atoms with van der Waals surface area (Å²) in [5.74, 6) is 0.861. The Morgan fingerprint density at radius 3 is 2.88 bits per heavy atom. The number of aryl methyl sites for hydroxylation is 1. The van der Waals surface area contributed by atoms with Crippen molar-refractivity contribution in [1.82, 2.24) is 19.7 Å². The van der Waals surface area contributed by atoms with E-state index in [2.05, 4.69) is 20.5 Å². The highest BCUT2D eigenvalue weighted by Crippen LogP contribution is 2.24. The van der Waals surface area contributed by atoms with Crippen LogP contribution in [0.1, 0.15) is 12.5 Å². The monoisotopic (exact) mass is 387 g/mol. The molecule has 0 saturated heterocycles. The van der Waals surface area contributed by atoms with E-state index >= 15 is 0 Å². The molecule has 0 bridgehead atoms. The summed E-state index contributed by atoms with van der Waals surface area (Å²) in [6.07, 6.45) is 3.47. The summed E-state index contributed by atoms with van der Waals surface area (Å²) in [5.41, 5.74) is 2.58. The van der Waals surface area contributed by atoms with Crippen LogP contribution >= 0.6 is 23.4 Å². The topological polar surface area (TPSA) is 72.7 Å². The summed E-state index contributed by atoms with van der Waals surface area (Å²) in [7, 11) is 0. The first-order chi connectivity index (χ1) is 12.6. The van der Waals surface area contributed by atoms with Gasteiger partial charge in [0.05, 0.1) is 5.75 Å². The number of hydrogen-bond acceptors (Lipinski definition) is 5. The third kappa shape index (κ3) is 4.23. The van der Waals surface area contributed by atoms with Crippen molar-refractivity contribution in [2.75, 3.05) is 11.1 Å². The Bertz CT molecular complexity index is 913. The number of nitrogens with zero attached hydrogens (tertiary/aromatic N) is 4. The van der Waals surface area contributed by atoms with Crippen LogP contribution in [0, 0.1) is 6.92 Å². The second-order valence-electron chi connectivity index (χ2n) is 5.59. The Kier molecular flexibility index (Phi) is 5.90. The van der Waals surface area contributed by atoms with Crippen LogP contribution in [0.4, 0.5) is 5.69 Å². The minimum atomic E-state index is -0.117. The number of thioether (sulfide) groups is 1. The van der Waals surface area contributed by atoms with Crippen molar-refractivity contribution in [3.05, 3.63) is 53.3 Å². The van der Waals surface area contributed by atoms with Gasteiger partial charge in [-0.25, -0.2) is 0 Å². The van der Waals surface area contributed by atoms with Gasteiger partial charge in [0.15, 0.2) is 11.0 Å². The second kappa shape index (κ2) is 8.33. The van der Waals surface area contributed by atoms with Crippen molar-refractivity contribution in [1.29, 1.82) is 0 Å². The zero-order valence-corrected chi connectivity index (χ0v) is 16.0. The molecule has 1 N–H and O–H groups in total. The Balaban J connectivity index is 1.69. The number of anilines is 1. The molecule has 0 aliphatic rings. The molecule has 0 atom stereocenters. The van der Waals surface area contributed by atoms with Crippen LogP contribution in [-0.2, 0) is 11.3 Å². The van der Waals surface area contributed by atoms with E-state index in [1.165, 1.54) is 11.8 Å². The van der Waals surface area contributed by atoms with E-state index in [-0.39, 0.29) is 11.7 Å². The predicted molar refractivity (Wildman–Crippen MR) is 104 cm³/mol. The summed E-state index contributed by atoms with van der Waals surface area (Å²) < 4.78 is 1.97. The number of aromatic nitrogens is 4. The summed E-state index contributed by atoms with van der Waals surface area (Å²) in [6, 6.07) is 9.21. The van der Waals surface area contributed by atoms with Crippen molar-refractivity contribution >= 4 is 35.0 Å². The second-order valence-corrected chi connectivity index (χ2v) is 6.97. The van der Waals surface area contributed by atoms with E-state index in [0.29, 0.717) is 16.7 Å². The van der Waals surface area contributed by atoms with Crippen LogP contribution in [0.2, 0.25) is 5.02 Å². The van der Waals surface area contributed by atoms with Gasteiger partial charge in [0.25, 0.3) is 0 Å². The van der Waals surface area contributed by atoms with Gasteiger partial charge < -0.3 is 9.88 Å². The van der Waals surface area contributed by atoms with Crippen LogP contribution in [0.3, 0.4) is 0 Å². The number of halogens is 1. The maximum atomic E-state index is 12.3. The molecule has 0 aliphatic heterocycles. The number of amides is 1. The summed E-state index contributed by atoms with van der Waals surface area (Å²) >= 11 is 7.34. The molecule has 6 nitrogen and oxygen atoms in total. The SMILES string of the molecule is CCn1c(SCC(=O)Nc2cc(Cl)ccc2C)nnc1-c1cccnc1. The highest BCUT2D eigenvalue weighted by Gasteiger charge is 2.15.